The summed E-state index contributed by atoms with van der Waals surface area (Å²) in [6.45, 7) is 1.83. The van der Waals surface area contributed by atoms with Crippen LogP contribution in [-0.4, -0.2) is 30.1 Å². The number of carbonyl (C=O) groups excluding carboxylic acids is 1. The Balaban J connectivity index is 2.28. The van der Waals surface area contributed by atoms with Gasteiger partial charge in [-0.25, -0.2) is 4.79 Å². The number of amides is 1. The van der Waals surface area contributed by atoms with Gasteiger partial charge in [-0.15, -0.1) is 0 Å². The molecular weight excluding hydrogens is 306 g/mol. The van der Waals surface area contributed by atoms with E-state index in [0.717, 1.165) is 31.2 Å². The molecule has 1 aromatic carbocycles. The standard InChI is InChI=1S/C19H25NO4/c1-3-4-10-16(17(21)22)20-18(23)19(11-5-6-12-19)14-8-7-9-15(13-14)24-2/h3-4,7-9,13,16H,5-6,10-12H2,1-2H3,(H,20,23)(H,21,22)/b4-3+. The van der Waals surface area contributed by atoms with Crippen molar-refractivity contribution >= 4 is 11.9 Å². The molecule has 1 unspecified atom stereocenters. The van der Waals surface area contributed by atoms with E-state index in [9.17, 15) is 14.7 Å². The van der Waals surface area contributed by atoms with E-state index < -0.39 is 17.4 Å². The van der Waals surface area contributed by atoms with E-state index in [4.69, 9.17) is 4.74 Å². The average Bonchev–Trinajstić information content (AvgIpc) is 3.09. The molecule has 0 spiro atoms. The first-order valence-corrected chi connectivity index (χ1v) is 8.33. The topological polar surface area (TPSA) is 75.6 Å². The van der Waals surface area contributed by atoms with Crippen molar-refractivity contribution in [2.45, 2.75) is 50.5 Å². The zero-order valence-corrected chi connectivity index (χ0v) is 14.2. The summed E-state index contributed by atoms with van der Waals surface area (Å²) in [7, 11) is 1.60. The first-order valence-electron chi connectivity index (χ1n) is 8.33. The Morgan fingerprint density at radius 2 is 2.08 bits per heavy atom. The number of benzene rings is 1. The van der Waals surface area contributed by atoms with E-state index in [0.29, 0.717) is 5.75 Å². The average molecular weight is 331 g/mol. The third-order valence-electron chi connectivity index (χ3n) is 4.72. The molecule has 24 heavy (non-hydrogen) atoms. The second kappa shape index (κ2) is 7.99. The van der Waals surface area contributed by atoms with Crippen LogP contribution in [0.15, 0.2) is 36.4 Å². The van der Waals surface area contributed by atoms with Gasteiger partial charge < -0.3 is 15.2 Å². The van der Waals surface area contributed by atoms with Crippen molar-refractivity contribution < 1.29 is 19.4 Å². The Labute approximate surface area is 142 Å². The van der Waals surface area contributed by atoms with Crippen LogP contribution >= 0.6 is 0 Å². The lowest BCUT2D eigenvalue weighted by molar-refractivity contribution is -0.142. The lowest BCUT2D eigenvalue weighted by Crippen LogP contribution is -2.49. The van der Waals surface area contributed by atoms with Gasteiger partial charge >= 0.3 is 5.97 Å². The van der Waals surface area contributed by atoms with Crippen LogP contribution < -0.4 is 10.1 Å². The minimum Gasteiger partial charge on any atom is -0.497 e. The van der Waals surface area contributed by atoms with E-state index in [1.165, 1.54) is 0 Å². The first kappa shape index (κ1) is 18.0. The van der Waals surface area contributed by atoms with Gasteiger partial charge in [0.1, 0.15) is 11.8 Å². The number of methoxy groups -OCH3 is 1. The summed E-state index contributed by atoms with van der Waals surface area (Å²) in [4.78, 5) is 24.4. The van der Waals surface area contributed by atoms with E-state index in [-0.39, 0.29) is 12.3 Å². The first-order chi connectivity index (χ1) is 11.5. The van der Waals surface area contributed by atoms with Crippen molar-refractivity contribution in [3.05, 3.63) is 42.0 Å². The number of carboxylic acid groups (broad SMARTS) is 1. The Hall–Kier alpha value is -2.30. The molecule has 0 aromatic heterocycles. The molecule has 1 aliphatic rings. The number of hydrogen-bond donors (Lipinski definition) is 2. The Morgan fingerprint density at radius 1 is 1.38 bits per heavy atom. The number of rotatable bonds is 7. The highest BCUT2D eigenvalue weighted by Gasteiger charge is 2.43. The van der Waals surface area contributed by atoms with Crippen molar-refractivity contribution in [3.8, 4) is 5.75 Å². The summed E-state index contributed by atoms with van der Waals surface area (Å²) < 4.78 is 5.28. The van der Waals surface area contributed by atoms with Crippen molar-refractivity contribution in [1.82, 2.24) is 5.32 Å². The quantitative estimate of drug-likeness (QED) is 0.753. The van der Waals surface area contributed by atoms with Crippen LogP contribution in [0.25, 0.3) is 0 Å². The summed E-state index contributed by atoms with van der Waals surface area (Å²) >= 11 is 0. The van der Waals surface area contributed by atoms with Gasteiger partial charge in [-0.3, -0.25) is 4.79 Å². The van der Waals surface area contributed by atoms with Gasteiger partial charge in [-0.2, -0.15) is 0 Å². The molecule has 0 radical (unpaired) electrons. The molecule has 2 rings (SSSR count). The second-order valence-corrected chi connectivity index (χ2v) is 6.19. The second-order valence-electron chi connectivity index (χ2n) is 6.19. The molecule has 1 atom stereocenters. The highest BCUT2D eigenvalue weighted by Crippen LogP contribution is 2.42. The Kier molecular flexibility index (Phi) is 6.01. The molecule has 130 valence electrons. The van der Waals surface area contributed by atoms with Crippen LogP contribution in [-0.2, 0) is 15.0 Å². The molecule has 0 saturated heterocycles. The molecule has 0 aliphatic heterocycles. The molecule has 2 N–H and O–H groups in total. The molecule has 1 aromatic rings. The van der Waals surface area contributed by atoms with Gasteiger partial charge in [-0.1, -0.05) is 37.1 Å². The zero-order valence-electron chi connectivity index (χ0n) is 14.2. The fourth-order valence-electron chi connectivity index (χ4n) is 3.34. The molecule has 0 bridgehead atoms. The molecule has 1 fully saturated rings. The minimum atomic E-state index is -1.01. The number of aliphatic carboxylic acids is 1. The summed E-state index contributed by atoms with van der Waals surface area (Å²) in [5.41, 5.74) is 0.227. The maximum Gasteiger partial charge on any atom is 0.326 e. The summed E-state index contributed by atoms with van der Waals surface area (Å²) in [6.07, 6.45) is 7.19. The van der Waals surface area contributed by atoms with E-state index in [2.05, 4.69) is 5.32 Å². The smallest absolute Gasteiger partial charge is 0.326 e. The molecular formula is C19H25NO4. The highest BCUT2D eigenvalue weighted by molar-refractivity contribution is 5.92. The lowest BCUT2D eigenvalue weighted by Gasteiger charge is -2.30. The Bertz CT molecular complexity index is 618. The van der Waals surface area contributed by atoms with Crippen molar-refractivity contribution in [2.75, 3.05) is 7.11 Å². The fourth-order valence-corrected chi connectivity index (χ4v) is 3.34. The van der Waals surface area contributed by atoms with Crippen LogP contribution in [0.1, 0.15) is 44.6 Å². The van der Waals surface area contributed by atoms with Gasteiger partial charge in [0.25, 0.3) is 0 Å². The predicted molar refractivity (Wildman–Crippen MR) is 92.1 cm³/mol. The highest BCUT2D eigenvalue weighted by atomic mass is 16.5. The van der Waals surface area contributed by atoms with Gasteiger partial charge in [0, 0.05) is 0 Å². The summed E-state index contributed by atoms with van der Waals surface area (Å²) in [6, 6.07) is 6.62. The fraction of sp³-hybridized carbons (Fsp3) is 0.474. The maximum atomic E-state index is 13.0. The summed E-state index contributed by atoms with van der Waals surface area (Å²) in [5, 5.41) is 12.1. The number of ether oxygens (including phenoxy) is 1. The van der Waals surface area contributed by atoms with Gasteiger partial charge in [0.05, 0.1) is 12.5 Å². The molecule has 1 saturated carbocycles. The minimum absolute atomic E-state index is 0.204. The largest absolute Gasteiger partial charge is 0.497 e. The maximum absolute atomic E-state index is 13.0. The Morgan fingerprint density at radius 3 is 2.67 bits per heavy atom. The van der Waals surface area contributed by atoms with Gasteiger partial charge in [0.15, 0.2) is 0 Å². The monoisotopic (exact) mass is 331 g/mol. The van der Waals surface area contributed by atoms with E-state index in [1.807, 2.05) is 31.2 Å². The van der Waals surface area contributed by atoms with Crippen LogP contribution in [0, 0.1) is 0 Å². The predicted octanol–water partition coefficient (Wildman–Crippen LogP) is 3.04. The van der Waals surface area contributed by atoms with Crippen LogP contribution in [0.2, 0.25) is 0 Å². The lowest BCUT2D eigenvalue weighted by atomic mass is 9.77. The number of nitrogens with one attached hydrogen (secondary N) is 1. The van der Waals surface area contributed by atoms with E-state index in [1.54, 1.807) is 19.3 Å². The van der Waals surface area contributed by atoms with Crippen LogP contribution in [0.4, 0.5) is 0 Å². The summed E-state index contributed by atoms with van der Waals surface area (Å²) in [5.74, 6) is -0.513. The zero-order chi connectivity index (χ0) is 17.6. The number of carboxylic acids is 1. The van der Waals surface area contributed by atoms with Crippen molar-refractivity contribution in [2.24, 2.45) is 0 Å². The van der Waals surface area contributed by atoms with E-state index >= 15 is 0 Å². The normalized spacial score (nSPS) is 17.6. The molecule has 1 aliphatic carbocycles. The number of hydrogen-bond acceptors (Lipinski definition) is 3. The third kappa shape index (κ3) is 3.78. The third-order valence-corrected chi connectivity index (χ3v) is 4.72. The van der Waals surface area contributed by atoms with Crippen molar-refractivity contribution in [1.29, 1.82) is 0 Å². The van der Waals surface area contributed by atoms with Crippen LogP contribution in [0.3, 0.4) is 0 Å². The van der Waals surface area contributed by atoms with Gasteiger partial charge in [0.2, 0.25) is 5.91 Å². The molecule has 0 heterocycles. The number of allylic oxidation sites excluding steroid dienone is 1. The molecule has 5 heteroatoms. The molecule has 1 amide bonds. The molecule has 5 nitrogen and oxygen atoms in total. The number of carbonyl (C=O) groups is 2. The SMILES string of the molecule is C/C=C/CC(NC(=O)C1(c2cccc(OC)c2)CCCC1)C(=O)O. The van der Waals surface area contributed by atoms with Crippen LogP contribution in [0.5, 0.6) is 5.75 Å². The van der Waals surface area contributed by atoms with Gasteiger partial charge in [-0.05, 0) is 43.9 Å². The van der Waals surface area contributed by atoms with Crippen molar-refractivity contribution in [3.63, 3.8) is 0 Å².